The van der Waals surface area contributed by atoms with Crippen LogP contribution in [0.2, 0.25) is 0 Å². The summed E-state index contributed by atoms with van der Waals surface area (Å²) in [6, 6.07) is 0. The van der Waals surface area contributed by atoms with Gasteiger partial charge in [-0.05, 0) is 0 Å². The van der Waals surface area contributed by atoms with Gasteiger partial charge in [0.15, 0.2) is 18.0 Å². The minimum atomic E-state index is -1.79. The Morgan fingerprint density at radius 1 is 1.33 bits per heavy atom. The van der Waals surface area contributed by atoms with E-state index in [0.29, 0.717) is 0 Å². The largest absolute Gasteiger partial charge is 0.479 e. The summed E-state index contributed by atoms with van der Waals surface area (Å²) in [5.74, 6) is -1.30. The minimum absolute atomic E-state index is 0.956. The van der Waals surface area contributed by atoms with E-state index in [1.54, 1.807) is 13.8 Å². The molecule has 2 aliphatic rings. The lowest BCUT2D eigenvalue weighted by molar-refractivity contribution is -0.204. The summed E-state index contributed by atoms with van der Waals surface area (Å²) in [4.78, 5) is 10.9. The number of aliphatic carboxylic acids is 1. The van der Waals surface area contributed by atoms with Gasteiger partial charge < -0.3 is 24.8 Å². The van der Waals surface area contributed by atoms with E-state index in [2.05, 4.69) is 0 Å². The number of hydrogen-bond acceptors (Lipinski definition) is 5. The third-order valence-electron chi connectivity index (χ3n) is 3.84. The van der Waals surface area contributed by atoms with Gasteiger partial charge in [-0.25, -0.2) is 4.79 Å². The molecule has 86 valence electrons. The normalized spacial score (nSPS) is 51.3. The molecule has 0 unspecified atom stereocenters. The molecule has 0 amide bonds. The van der Waals surface area contributed by atoms with Gasteiger partial charge in [0.25, 0.3) is 0 Å². The van der Waals surface area contributed by atoms with Gasteiger partial charge in [-0.15, -0.1) is 0 Å². The highest BCUT2D eigenvalue weighted by atomic mass is 16.7. The van der Waals surface area contributed by atoms with E-state index >= 15 is 0 Å². The van der Waals surface area contributed by atoms with Crippen molar-refractivity contribution in [2.75, 3.05) is 7.11 Å². The van der Waals surface area contributed by atoms with Gasteiger partial charge in [-0.3, -0.25) is 0 Å². The van der Waals surface area contributed by atoms with E-state index in [0.717, 1.165) is 0 Å². The monoisotopic (exact) mass is 218 g/mol. The van der Waals surface area contributed by atoms with Gasteiger partial charge >= 0.3 is 5.97 Å². The standard InChI is InChI=1S/C9H14O6/c1-7(2)8(12)4(5(10)11)15-6(14-3)9(7,8)13/h4,6,12-13H,1-3H3,(H,10,11)/t4-,6-,8+,9-/m1/s1. The Balaban J connectivity index is 2.43. The number of aliphatic hydroxyl groups is 2. The SMILES string of the molecule is CO[C@@H]1O[C@H](C(=O)O)[C@]2(O)C(C)(C)[C@]12O. The first kappa shape index (κ1) is 10.8. The van der Waals surface area contributed by atoms with Crippen molar-refractivity contribution in [1.29, 1.82) is 0 Å². The fourth-order valence-corrected chi connectivity index (χ4v) is 2.68. The summed E-state index contributed by atoms with van der Waals surface area (Å²) >= 11 is 0. The Morgan fingerprint density at radius 3 is 2.13 bits per heavy atom. The molecule has 1 heterocycles. The zero-order valence-corrected chi connectivity index (χ0v) is 8.72. The van der Waals surface area contributed by atoms with E-state index in [1.807, 2.05) is 0 Å². The molecule has 1 aliphatic heterocycles. The van der Waals surface area contributed by atoms with E-state index in [-0.39, 0.29) is 0 Å². The predicted octanol–water partition coefficient (Wildman–Crippen LogP) is -1.06. The van der Waals surface area contributed by atoms with Crippen molar-refractivity contribution in [3.05, 3.63) is 0 Å². The molecule has 4 atom stereocenters. The van der Waals surface area contributed by atoms with Gasteiger partial charge in [-0.2, -0.15) is 0 Å². The van der Waals surface area contributed by atoms with Crippen molar-refractivity contribution in [2.24, 2.45) is 5.41 Å². The molecule has 0 radical (unpaired) electrons. The van der Waals surface area contributed by atoms with Crippen molar-refractivity contribution < 1.29 is 29.6 Å². The smallest absolute Gasteiger partial charge is 0.336 e. The minimum Gasteiger partial charge on any atom is -0.479 e. The van der Waals surface area contributed by atoms with Crippen LogP contribution in [0.5, 0.6) is 0 Å². The lowest BCUT2D eigenvalue weighted by atomic mass is 10.0. The predicted molar refractivity (Wildman–Crippen MR) is 47.0 cm³/mol. The number of fused-ring (bicyclic) bond motifs is 1. The first-order chi connectivity index (χ1) is 6.75. The molecule has 6 heteroatoms. The highest BCUT2D eigenvalue weighted by molar-refractivity contribution is 5.78. The zero-order chi connectivity index (χ0) is 11.6. The lowest BCUT2D eigenvalue weighted by Crippen LogP contribution is -2.40. The fourth-order valence-electron chi connectivity index (χ4n) is 2.68. The Morgan fingerprint density at radius 2 is 1.87 bits per heavy atom. The van der Waals surface area contributed by atoms with E-state index in [1.165, 1.54) is 7.11 Å². The van der Waals surface area contributed by atoms with Gasteiger partial charge in [0.1, 0.15) is 5.60 Å². The van der Waals surface area contributed by atoms with Crippen LogP contribution in [0.25, 0.3) is 0 Å². The van der Waals surface area contributed by atoms with Crippen molar-refractivity contribution in [2.45, 2.75) is 37.4 Å². The summed E-state index contributed by atoms with van der Waals surface area (Å²) in [6.45, 7) is 3.16. The Labute approximate surface area is 86.4 Å². The van der Waals surface area contributed by atoms with Crippen molar-refractivity contribution in [3.63, 3.8) is 0 Å². The van der Waals surface area contributed by atoms with Gasteiger partial charge in [0.05, 0.1) is 0 Å². The maximum Gasteiger partial charge on any atom is 0.336 e. The molecule has 15 heavy (non-hydrogen) atoms. The molecule has 0 aromatic rings. The number of hydrogen-bond donors (Lipinski definition) is 3. The molecule has 1 saturated carbocycles. The van der Waals surface area contributed by atoms with Crippen LogP contribution in [-0.2, 0) is 14.3 Å². The quantitative estimate of drug-likeness (QED) is 0.547. The van der Waals surface area contributed by atoms with Gasteiger partial charge in [0, 0.05) is 12.5 Å². The first-order valence-electron chi connectivity index (χ1n) is 4.61. The molecule has 2 rings (SSSR count). The summed E-state index contributed by atoms with van der Waals surface area (Å²) in [7, 11) is 1.29. The lowest BCUT2D eigenvalue weighted by Gasteiger charge is -2.23. The molecule has 1 saturated heterocycles. The molecule has 0 aromatic heterocycles. The molecular formula is C9H14O6. The number of carbonyl (C=O) groups is 1. The summed E-state index contributed by atoms with van der Waals surface area (Å²) in [5, 5.41) is 29.2. The Bertz CT molecular complexity index is 327. The van der Waals surface area contributed by atoms with E-state index in [4.69, 9.17) is 14.6 Å². The second-order valence-electron chi connectivity index (χ2n) is 4.58. The summed E-state index contributed by atoms with van der Waals surface area (Å²) in [6.07, 6.45) is -2.57. The fraction of sp³-hybridized carbons (Fsp3) is 0.889. The summed E-state index contributed by atoms with van der Waals surface area (Å²) < 4.78 is 9.81. The maximum absolute atomic E-state index is 10.9. The molecule has 3 N–H and O–H groups in total. The number of ether oxygens (including phenoxy) is 2. The van der Waals surface area contributed by atoms with Crippen LogP contribution >= 0.6 is 0 Å². The van der Waals surface area contributed by atoms with Crippen LogP contribution in [0.1, 0.15) is 13.8 Å². The molecule has 0 spiro atoms. The molecular weight excluding hydrogens is 204 g/mol. The third-order valence-corrected chi connectivity index (χ3v) is 3.84. The number of carboxylic acids is 1. The van der Waals surface area contributed by atoms with Crippen LogP contribution in [0, 0.1) is 5.41 Å². The maximum atomic E-state index is 10.9. The topological polar surface area (TPSA) is 96.2 Å². The van der Waals surface area contributed by atoms with Gasteiger partial charge in [-0.1, -0.05) is 13.8 Å². The van der Waals surface area contributed by atoms with Crippen molar-refractivity contribution in [1.82, 2.24) is 0 Å². The summed E-state index contributed by atoms with van der Waals surface area (Å²) in [5.41, 5.74) is -4.40. The molecule has 0 bridgehead atoms. The Kier molecular flexibility index (Phi) is 1.81. The van der Waals surface area contributed by atoms with Crippen LogP contribution in [-0.4, -0.2) is 52.0 Å². The molecule has 2 fully saturated rings. The van der Waals surface area contributed by atoms with E-state index in [9.17, 15) is 15.0 Å². The number of carboxylic acid groups (broad SMARTS) is 1. The van der Waals surface area contributed by atoms with Crippen molar-refractivity contribution >= 4 is 5.97 Å². The van der Waals surface area contributed by atoms with Crippen LogP contribution in [0.15, 0.2) is 0 Å². The van der Waals surface area contributed by atoms with Crippen LogP contribution < -0.4 is 0 Å². The molecule has 1 aliphatic carbocycles. The second-order valence-corrected chi connectivity index (χ2v) is 4.58. The highest BCUT2D eigenvalue weighted by Gasteiger charge is 2.94. The Hall–Kier alpha value is -0.690. The second kappa shape index (κ2) is 2.52. The van der Waals surface area contributed by atoms with Gasteiger partial charge in [0.2, 0.25) is 0 Å². The van der Waals surface area contributed by atoms with Crippen molar-refractivity contribution in [3.8, 4) is 0 Å². The molecule has 6 nitrogen and oxygen atoms in total. The average molecular weight is 218 g/mol. The first-order valence-corrected chi connectivity index (χ1v) is 4.61. The number of rotatable bonds is 2. The molecule has 0 aromatic carbocycles. The van der Waals surface area contributed by atoms with Crippen LogP contribution in [0.3, 0.4) is 0 Å². The van der Waals surface area contributed by atoms with E-state index < -0.39 is 35.0 Å². The zero-order valence-electron chi connectivity index (χ0n) is 8.72. The third kappa shape index (κ3) is 0.794. The highest BCUT2D eigenvalue weighted by Crippen LogP contribution is 2.72. The van der Waals surface area contributed by atoms with Crippen LogP contribution in [0.4, 0.5) is 0 Å². The number of methoxy groups -OCH3 is 1. The average Bonchev–Trinajstić information content (AvgIpc) is 2.41.